The molecule has 1 aromatic rings. The molecular weight excluding hydrogens is 462 g/mol. The minimum absolute atomic E-state index is 0.366. The Balaban J connectivity index is 1.19. The molecule has 5 atom stereocenters. The summed E-state index contributed by atoms with van der Waals surface area (Å²) in [4.78, 5) is 15.3. The Labute approximate surface area is 212 Å². The topological polar surface area (TPSA) is 90.9 Å². The van der Waals surface area contributed by atoms with Crippen molar-refractivity contribution in [3.05, 3.63) is 29.8 Å². The van der Waals surface area contributed by atoms with E-state index in [4.69, 9.17) is 23.7 Å². The molecule has 9 nitrogen and oxygen atoms in total. The molecule has 3 aliphatic heterocycles. The molecule has 2 aliphatic carbocycles. The van der Waals surface area contributed by atoms with Gasteiger partial charge in [-0.2, -0.15) is 5.10 Å². The number of amides is 1. The fourth-order valence-electron chi connectivity index (χ4n) is 6.26. The van der Waals surface area contributed by atoms with Gasteiger partial charge in [-0.05, 0) is 43.4 Å². The minimum Gasteiger partial charge on any atom is -0.378 e. The third-order valence-corrected chi connectivity index (χ3v) is 8.17. The Kier molecular flexibility index (Phi) is 6.54. The first-order valence-electron chi connectivity index (χ1n) is 13.4. The van der Waals surface area contributed by atoms with Crippen LogP contribution in [-0.4, -0.2) is 68.5 Å². The van der Waals surface area contributed by atoms with Gasteiger partial charge in [-0.3, -0.25) is 4.79 Å². The van der Waals surface area contributed by atoms with Crippen molar-refractivity contribution in [3.63, 3.8) is 0 Å². The number of nitrogens with zero attached hydrogens (tertiary/aromatic N) is 2. The van der Waals surface area contributed by atoms with Crippen LogP contribution in [0.15, 0.2) is 29.4 Å². The molecular formula is C27H37N3O6. The molecule has 0 radical (unpaired) electrons. The van der Waals surface area contributed by atoms with Crippen LogP contribution in [0, 0.1) is 0 Å². The van der Waals surface area contributed by atoms with E-state index < -0.39 is 42.3 Å². The number of rotatable bonds is 4. The average molecular weight is 500 g/mol. The van der Waals surface area contributed by atoms with Crippen molar-refractivity contribution in [3.8, 4) is 0 Å². The van der Waals surface area contributed by atoms with Crippen molar-refractivity contribution >= 4 is 17.8 Å². The molecule has 1 N–H and O–H groups in total. The quantitative estimate of drug-likeness (QED) is 0.501. The van der Waals surface area contributed by atoms with Crippen LogP contribution in [0.4, 0.5) is 5.69 Å². The van der Waals surface area contributed by atoms with E-state index in [1.54, 1.807) is 6.21 Å². The summed E-state index contributed by atoms with van der Waals surface area (Å²) in [7, 11) is 3.99. The Bertz CT molecular complexity index is 970. The molecule has 0 unspecified atom stereocenters. The van der Waals surface area contributed by atoms with E-state index >= 15 is 0 Å². The van der Waals surface area contributed by atoms with Crippen LogP contribution in [0.2, 0.25) is 0 Å². The Morgan fingerprint density at radius 3 is 2.08 bits per heavy atom. The largest absolute Gasteiger partial charge is 0.378 e. The van der Waals surface area contributed by atoms with E-state index in [1.807, 2.05) is 43.3 Å². The first-order chi connectivity index (χ1) is 17.5. The molecule has 3 saturated heterocycles. The van der Waals surface area contributed by atoms with Crippen molar-refractivity contribution < 1.29 is 28.5 Å². The summed E-state index contributed by atoms with van der Waals surface area (Å²) in [6.07, 6.45) is 8.54. The number of hydrogen-bond acceptors (Lipinski definition) is 8. The number of ether oxygens (including phenoxy) is 5. The van der Waals surface area contributed by atoms with Crippen LogP contribution in [0.5, 0.6) is 0 Å². The number of hydrazone groups is 1. The summed E-state index contributed by atoms with van der Waals surface area (Å²) in [6.45, 7) is 0. The highest BCUT2D eigenvalue weighted by Crippen LogP contribution is 2.50. The van der Waals surface area contributed by atoms with E-state index in [0.717, 1.165) is 62.6 Å². The lowest BCUT2D eigenvalue weighted by atomic mass is 9.94. The zero-order chi connectivity index (χ0) is 24.8. The summed E-state index contributed by atoms with van der Waals surface area (Å²) in [5.41, 5.74) is 4.64. The van der Waals surface area contributed by atoms with Gasteiger partial charge >= 0.3 is 0 Å². The van der Waals surface area contributed by atoms with Crippen molar-refractivity contribution in [1.29, 1.82) is 0 Å². The third kappa shape index (κ3) is 4.56. The molecule has 5 aliphatic rings. The monoisotopic (exact) mass is 499 g/mol. The fraction of sp³-hybridized carbons (Fsp3) is 0.704. The maximum Gasteiger partial charge on any atom is 0.272 e. The molecule has 0 bridgehead atoms. The lowest BCUT2D eigenvalue weighted by Crippen LogP contribution is -2.59. The standard InChI is InChI=1S/C27H37N3O6/c1-30(2)19-11-9-18(10-12-19)17-28-29-24(31)22-20-21(34-26(33-20)13-5-3-6-14-26)23-25(32-22)36-27(35-23)15-7-4-8-16-27/h9-12,17,20-23,25H,3-8,13-16H2,1-2H3,(H,29,31)/t20-,21-,22+,23-,25+/m0/s1. The first-order valence-corrected chi connectivity index (χ1v) is 13.4. The Morgan fingerprint density at radius 2 is 1.44 bits per heavy atom. The normalized spacial score (nSPS) is 34.6. The van der Waals surface area contributed by atoms with Crippen LogP contribution >= 0.6 is 0 Å². The maximum atomic E-state index is 13.3. The highest BCUT2D eigenvalue weighted by Gasteiger charge is 2.65. The number of hydrogen-bond donors (Lipinski definition) is 1. The second-order valence-electron chi connectivity index (χ2n) is 11.0. The van der Waals surface area contributed by atoms with Gasteiger partial charge in [0, 0.05) is 45.5 Å². The highest BCUT2D eigenvalue weighted by atomic mass is 16.9. The van der Waals surface area contributed by atoms with Gasteiger partial charge in [-0.1, -0.05) is 25.0 Å². The number of nitrogens with one attached hydrogen (secondary N) is 1. The Hall–Kier alpha value is -2.04. The van der Waals surface area contributed by atoms with Crippen molar-refractivity contribution in [2.75, 3.05) is 19.0 Å². The van der Waals surface area contributed by atoms with Crippen LogP contribution in [0.3, 0.4) is 0 Å². The minimum atomic E-state index is -0.895. The summed E-state index contributed by atoms with van der Waals surface area (Å²) in [6, 6.07) is 7.92. The molecule has 2 spiro atoms. The summed E-state index contributed by atoms with van der Waals surface area (Å²) in [5.74, 6) is -1.69. The predicted octanol–water partition coefficient (Wildman–Crippen LogP) is 3.45. The molecule has 3 heterocycles. The zero-order valence-electron chi connectivity index (χ0n) is 21.2. The molecule has 196 valence electrons. The first kappa shape index (κ1) is 24.3. The number of benzene rings is 1. The third-order valence-electron chi connectivity index (χ3n) is 8.17. The van der Waals surface area contributed by atoms with Crippen molar-refractivity contribution in [2.45, 2.75) is 106 Å². The van der Waals surface area contributed by atoms with Crippen LogP contribution < -0.4 is 10.3 Å². The Morgan fingerprint density at radius 1 is 0.861 bits per heavy atom. The fourth-order valence-corrected chi connectivity index (χ4v) is 6.26. The molecule has 6 rings (SSSR count). The van der Waals surface area contributed by atoms with Gasteiger partial charge in [-0.25, -0.2) is 5.43 Å². The highest BCUT2D eigenvalue weighted by molar-refractivity contribution is 5.85. The van der Waals surface area contributed by atoms with Crippen LogP contribution in [-0.2, 0) is 28.5 Å². The molecule has 1 aromatic carbocycles. The van der Waals surface area contributed by atoms with Gasteiger partial charge in [0.05, 0.1) is 6.21 Å². The van der Waals surface area contributed by atoms with E-state index in [0.29, 0.717) is 0 Å². The number of carbonyl (C=O) groups excluding carboxylic acids is 1. The van der Waals surface area contributed by atoms with Gasteiger partial charge in [0.25, 0.3) is 5.91 Å². The van der Waals surface area contributed by atoms with E-state index in [1.165, 1.54) is 12.8 Å². The van der Waals surface area contributed by atoms with Crippen molar-refractivity contribution in [1.82, 2.24) is 5.43 Å². The van der Waals surface area contributed by atoms with E-state index in [9.17, 15) is 4.79 Å². The van der Waals surface area contributed by atoms with Crippen molar-refractivity contribution in [2.24, 2.45) is 5.10 Å². The van der Waals surface area contributed by atoms with Gasteiger partial charge in [0.1, 0.15) is 18.3 Å². The van der Waals surface area contributed by atoms with E-state index in [-0.39, 0.29) is 5.91 Å². The summed E-state index contributed by atoms with van der Waals surface area (Å²) in [5, 5.41) is 4.19. The lowest BCUT2D eigenvalue weighted by molar-refractivity contribution is -0.247. The van der Waals surface area contributed by atoms with E-state index in [2.05, 4.69) is 10.5 Å². The average Bonchev–Trinajstić information content (AvgIpc) is 3.42. The predicted molar refractivity (Wildman–Crippen MR) is 133 cm³/mol. The van der Waals surface area contributed by atoms with Gasteiger partial charge < -0.3 is 28.6 Å². The molecule has 1 amide bonds. The zero-order valence-corrected chi connectivity index (χ0v) is 21.2. The maximum absolute atomic E-state index is 13.3. The van der Waals surface area contributed by atoms with Gasteiger partial charge in [0.15, 0.2) is 24.0 Å². The summed E-state index contributed by atoms with van der Waals surface area (Å²) < 4.78 is 32.2. The summed E-state index contributed by atoms with van der Waals surface area (Å²) >= 11 is 0. The number of anilines is 1. The van der Waals surface area contributed by atoms with Gasteiger partial charge in [-0.15, -0.1) is 0 Å². The van der Waals surface area contributed by atoms with Crippen LogP contribution in [0.25, 0.3) is 0 Å². The molecule has 5 fully saturated rings. The molecule has 36 heavy (non-hydrogen) atoms. The molecule has 2 saturated carbocycles. The second kappa shape index (κ2) is 9.68. The lowest BCUT2D eigenvalue weighted by Gasteiger charge is -2.36. The second-order valence-corrected chi connectivity index (χ2v) is 11.0. The van der Waals surface area contributed by atoms with Crippen LogP contribution in [0.1, 0.15) is 69.8 Å². The number of carbonyl (C=O) groups is 1. The molecule has 0 aromatic heterocycles. The number of fused-ring (bicyclic) bond motifs is 3. The smallest absolute Gasteiger partial charge is 0.272 e. The SMILES string of the molecule is CN(C)c1ccc(C=NNC(=O)[C@@H]2O[C@@H]3OC4(CCCCC4)O[C@H]3[C@H]3OC4(CCCCC4)O[C@@H]32)cc1. The van der Waals surface area contributed by atoms with Gasteiger partial charge in [0.2, 0.25) is 0 Å². The molecule has 9 heteroatoms.